The second-order valence-electron chi connectivity index (χ2n) is 6.69. The summed E-state index contributed by atoms with van der Waals surface area (Å²) in [5, 5.41) is 2.86. The van der Waals surface area contributed by atoms with Gasteiger partial charge in [0.2, 0.25) is 5.91 Å². The van der Waals surface area contributed by atoms with Crippen molar-refractivity contribution >= 4 is 23.4 Å². The zero-order chi connectivity index (χ0) is 21.3. The summed E-state index contributed by atoms with van der Waals surface area (Å²) in [6.45, 7) is 2.08. The number of rotatable bonds is 8. The second kappa shape index (κ2) is 10.2. The average Bonchev–Trinajstić information content (AvgIpc) is 3.23. The number of oxazole rings is 1. The van der Waals surface area contributed by atoms with Crippen molar-refractivity contribution in [2.24, 2.45) is 0 Å². The normalized spacial score (nSPS) is 10.5. The van der Waals surface area contributed by atoms with E-state index >= 15 is 0 Å². The molecule has 0 aliphatic heterocycles. The van der Waals surface area contributed by atoms with E-state index in [1.54, 1.807) is 44.4 Å². The Morgan fingerprint density at radius 3 is 2.53 bits per heavy atom. The van der Waals surface area contributed by atoms with E-state index in [0.29, 0.717) is 43.1 Å². The molecule has 0 radical (unpaired) electrons. The molecule has 156 valence electrons. The minimum absolute atomic E-state index is 0.0867. The average molecular weight is 407 g/mol. The topological polar surface area (TPSA) is 84.7 Å². The Morgan fingerprint density at radius 1 is 1.10 bits per heavy atom. The van der Waals surface area contributed by atoms with Gasteiger partial charge in [0.15, 0.2) is 11.7 Å². The van der Waals surface area contributed by atoms with Crippen LogP contribution in [-0.2, 0) is 16.0 Å². The molecule has 0 atom stereocenters. The third-order valence-corrected chi connectivity index (χ3v) is 4.49. The van der Waals surface area contributed by atoms with E-state index in [1.807, 2.05) is 30.3 Å². The molecule has 7 nitrogen and oxygen atoms in total. The fraction of sp³-hybridized carbons (Fsp3) is 0.261. The fourth-order valence-electron chi connectivity index (χ4n) is 2.88. The number of aromatic nitrogens is 1. The summed E-state index contributed by atoms with van der Waals surface area (Å²) < 4.78 is 10.7. The number of amides is 2. The van der Waals surface area contributed by atoms with Crippen molar-refractivity contribution in [3.05, 3.63) is 66.7 Å². The van der Waals surface area contributed by atoms with Crippen molar-refractivity contribution in [3.63, 3.8) is 0 Å². The van der Waals surface area contributed by atoms with Crippen LogP contribution in [0.15, 0.2) is 65.2 Å². The number of nitrogens with zero attached hydrogens (tertiary/aromatic N) is 2. The standard InChI is InChI=1S/C23H25N3O4/c1-3-29-23(28)26(2)19-14-12-18(13-15-19)25-21(27)10-7-11-22-24-16-20(30-22)17-8-5-4-6-9-17/h4-6,8-9,12-16H,3,7,10-11H2,1-2H3,(H,25,27). The molecule has 1 N–H and O–H groups in total. The number of ether oxygens (including phenoxy) is 1. The fourth-order valence-corrected chi connectivity index (χ4v) is 2.88. The summed E-state index contributed by atoms with van der Waals surface area (Å²) in [7, 11) is 1.64. The van der Waals surface area contributed by atoms with Crippen LogP contribution in [0.5, 0.6) is 0 Å². The first-order chi connectivity index (χ1) is 14.6. The van der Waals surface area contributed by atoms with Crippen LogP contribution in [0.3, 0.4) is 0 Å². The molecule has 1 heterocycles. The van der Waals surface area contributed by atoms with Crippen molar-refractivity contribution in [3.8, 4) is 11.3 Å². The molecule has 7 heteroatoms. The molecule has 0 aliphatic rings. The summed E-state index contributed by atoms with van der Waals surface area (Å²) in [6, 6.07) is 16.8. The van der Waals surface area contributed by atoms with Gasteiger partial charge in [0.05, 0.1) is 12.8 Å². The second-order valence-corrected chi connectivity index (χ2v) is 6.69. The Morgan fingerprint density at radius 2 is 1.83 bits per heavy atom. The Kier molecular flexibility index (Phi) is 7.21. The number of hydrogen-bond donors (Lipinski definition) is 1. The van der Waals surface area contributed by atoms with Crippen LogP contribution >= 0.6 is 0 Å². The summed E-state index contributed by atoms with van der Waals surface area (Å²) in [4.78, 5) is 29.6. The maximum Gasteiger partial charge on any atom is 0.413 e. The van der Waals surface area contributed by atoms with Gasteiger partial charge in [-0.3, -0.25) is 9.69 Å². The van der Waals surface area contributed by atoms with E-state index in [0.717, 1.165) is 11.3 Å². The molecule has 1 aromatic heterocycles. The molecule has 0 saturated heterocycles. The van der Waals surface area contributed by atoms with Gasteiger partial charge in [0.1, 0.15) is 0 Å². The third-order valence-electron chi connectivity index (χ3n) is 4.49. The lowest BCUT2D eigenvalue weighted by atomic mass is 10.2. The Bertz CT molecular complexity index is 968. The first-order valence-corrected chi connectivity index (χ1v) is 9.87. The lowest BCUT2D eigenvalue weighted by Crippen LogP contribution is -2.26. The van der Waals surface area contributed by atoms with Crippen LogP contribution in [0.2, 0.25) is 0 Å². The summed E-state index contributed by atoms with van der Waals surface area (Å²) in [5.41, 5.74) is 2.33. The molecule has 0 aliphatic carbocycles. The number of anilines is 2. The van der Waals surface area contributed by atoms with Gasteiger partial charge in [0.25, 0.3) is 0 Å². The Hall–Kier alpha value is -3.61. The minimum atomic E-state index is -0.420. The van der Waals surface area contributed by atoms with Gasteiger partial charge in [0, 0.05) is 36.8 Å². The maximum atomic E-state index is 12.2. The van der Waals surface area contributed by atoms with Crippen LogP contribution < -0.4 is 10.2 Å². The van der Waals surface area contributed by atoms with E-state index in [1.165, 1.54) is 4.90 Å². The molecule has 3 aromatic rings. The molecule has 2 amide bonds. The predicted molar refractivity (Wildman–Crippen MR) is 115 cm³/mol. The summed E-state index contributed by atoms with van der Waals surface area (Å²) >= 11 is 0. The van der Waals surface area contributed by atoms with Crippen molar-refractivity contribution in [2.75, 3.05) is 23.9 Å². The monoisotopic (exact) mass is 407 g/mol. The first-order valence-electron chi connectivity index (χ1n) is 9.87. The van der Waals surface area contributed by atoms with Crippen LogP contribution in [0.4, 0.5) is 16.2 Å². The van der Waals surface area contributed by atoms with Crippen LogP contribution in [0, 0.1) is 0 Å². The summed E-state index contributed by atoms with van der Waals surface area (Å²) in [6.07, 6.45) is 2.86. The lowest BCUT2D eigenvalue weighted by Gasteiger charge is -2.16. The molecule has 30 heavy (non-hydrogen) atoms. The number of carbonyl (C=O) groups is 2. The molecule has 3 rings (SSSR count). The van der Waals surface area contributed by atoms with Crippen LogP contribution in [-0.4, -0.2) is 30.6 Å². The van der Waals surface area contributed by atoms with Gasteiger partial charge in [-0.05, 0) is 37.6 Å². The van der Waals surface area contributed by atoms with Gasteiger partial charge in [-0.25, -0.2) is 9.78 Å². The number of aryl methyl sites for hydroxylation is 1. The van der Waals surface area contributed by atoms with Crippen molar-refractivity contribution < 1.29 is 18.7 Å². The Labute approximate surface area is 175 Å². The van der Waals surface area contributed by atoms with Crippen molar-refractivity contribution in [1.82, 2.24) is 4.98 Å². The SMILES string of the molecule is CCOC(=O)N(C)c1ccc(NC(=O)CCCc2ncc(-c3ccccc3)o2)cc1. The highest BCUT2D eigenvalue weighted by Gasteiger charge is 2.12. The van der Waals surface area contributed by atoms with E-state index in [4.69, 9.17) is 9.15 Å². The molecule has 0 saturated carbocycles. The number of hydrogen-bond acceptors (Lipinski definition) is 5. The number of benzene rings is 2. The quantitative estimate of drug-likeness (QED) is 0.574. The molecule has 0 fully saturated rings. The Balaban J connectivity index is 1.45. The van der Waals surface area contributed by atoms with Gasteiger partial charge in [-0.2, -0.15) is 0 Å². The van der Waals surface area contributed by atoms with E-state index < -0.39 is 6.09 Å². The molecule has 0 unspecified atom stereocenters. The molecule has 0 spiro atoms. The zero-order valence-electron chi connectivity index (χ0n) is 17.1. The van der Waals surface area contributed by atoms with Crippen LogP contribution in [0.25, 0.3) is 11.3 Å². The van der Waals surface area contributed by atoms with E-state index in [9.17, 15) is 9.59 Å². The van der Waals surface area contributed by atoms with E-state index in [-0.39, 0.29) is 5.91 Å². The van der Waals surface area contributed by atoms with Gasteiger partial charge >= 0.3 is 6.09 Å². The van der Waals surface area contributed by atoms with Gasteiger partial charge < -0.3 is 14.5 Å². The molecule has 2 aromatic carbocycles. The highest BCUT2D eigenvalue weighted by molar-refractivity contribution is 5.91. The molecular weight excluding hydrogens is 382 g/mol. The summed E-state index contributed by atoms with van der Waals surface area (Å²) in [5.74, 6) is 1.26. The zero-order valence-corrected chi connectivity index (χ0v) is 17.1. The molecular formula is C23H25N3O4. The third kappa shape index (κ3) is 5.70. The van der Waals surface area contributed by atoms with Gasteiger partial charge in [-0.1, -0.05) is 30.3 Å². The van der Waals surface area contributed by atoms with Crippen molar-refractivity contribution in [1.29, 1.82) is 0 Å². The van der Waals surface area contributed by atoms with E-state index in [2.05, 4.69) is 10.3 Å². The number of carbonyl (C=O) groups excluding carboxylic acids is 2. The molecule has 0 bridgehead atoms. The maximum absolute atomic E-state index is 12.2. The largest absolute Gasteiger partial charge is 0.449 e. The lowest BCUT2D eigenvalue weighted by molar-refractivity contribution is -0.116. The minimum Gasteiger partial charge on any atom is -0.449 e. The predicted octanol–water partition coefficient (Wildman–Crippen LogP) is 4.90. The first kappa shape index (κ1) is 21.1. The highest BCUT2D eigenvalue weighted by atomic mass is 16.6. The van der Waals surface area contributed by atoms with Gasteiger partial charge in [-0.15, -0.1) is 0 Å². The smallest absolute Gasteiger partial charge is 0.413 e. The van der Waals surface area contributed by atoms with Crippen LogP contribution in [0.1, 0.15) is 25.7 Å². The number of nitrogens with one attached hydrogen (secondary N) is 1. The van der Waals surface area contributed by atoms with Crippen molar-refractivity contribution in [2.45, 2.75) is 26.2 Å². The highest BCUT2D eigenvalue weighted by Crippen LogP contribution is 2.21.